The van der Waals surface area contributed by atoms with E-state index in [4.69, 9.17) is 0 Å². The molecule has 0 spiro atoms. The first-order valence-electron chi connectivity index (χ1n) is 6.69. The molecule has 100 valence electrons. The number of nitrogens with one attached hydrogen (secondary N) is 1. The third kappa shape index (κ3) is 4.84. The van der Waals surface area contributed by atoms with Crippen LogP contribution in [0.25, 0.3) is 0 Å². The van der Waals surface area contributed by atoms with E-state index < -0.39 is 0 Å². The average molecular weight is 248 g/mol. The number of aromatic nitrogens is 2. The molecule has 0 fully saturated rings. The first-order valence-corrected chi connectivity index (χ1v) is 6.69. The molecule has 0 amide bonds. The number of hydrogen-bond donors (Lipinski definition) is 1. The van der Waals surface area contributed by atoms with Crippen LogP contribution in [0.1, 0.15) is 32.4 Å². The number of hydrogen-bond acceptors (Lipinski definition) is 4. The predicted molar refractivity (Wildman–Crippen MR) is 76.7 cm³/mol. The third-order valence-electron chi connectivity index (χ3n) is 2.59. The van der Waals surface area contributed by atoms with Crippen molar-refractivity contribution in [1.82, 2.24) is 15.3 Å². The molecule has 1 aromatic heterocycles. The van der Waals surface area contributed by atoms with Crippen molar-refractivity contribution in [2.45, 2.75) is 33.2 Å². The van der Waals surface area contributed by atoms with Crippen molar-refractivity contribution >= 4 is 5.82 Å². The molecule has 0 radical (unpaired) electrons. The normalized spacial score (nSPS) is 10.3. The van der Waals surface area contributed by atoms with Crippen molar-refractivity contribution in [3.63, 3.8) is 0 Å². The van der Waals surface area contributed by atoms with E-state index in [-0.39, 0.29) is 0 Å². The highest BCUT2D eigenvalue weighted by atomic mass is 15.2. The summed E-state index contributed by atoms with van der Waals surface area (Å²) in [5.74, 6) is 0.927. The summed E-state index contributed by atoms with van der Waals surface area (Å²) < 4.78 is 0. The Morgan fingerprint density at radius 1 is 1.28 bits per heavy atom. The van der Waals surface area contributed by atoms with Crippen LogP contribution in [0, 0.1) is 0 Å². The van der Waals surface area contributed by atoms with Gasteiger partial charge in [0, 0.05) is 19.6 Å². The Labute approximate surface area is 110 Å². The Morgan fingerprint density at radius 2 is 2.11 bits per heavy atom. The fourth-order valence-corrected chi connectivity index (χ4v) is 1.72. The predicted octanol–water partition coefficient (Wildman–Crippen LogP) is 2.38. The summed E-state index contributed by atoms with van der Waals surface area (Å²) >= 11 is 0. The first-order chi connectivity index (χ1) is 8.81. The molecule has 0 aliphatic rings. The highest BCUT2D eigenvalue weighted by Crippen LogP contribution is 2.09. The lowest BCUT2D eigenvalue weighted by Gasteiger charge is -2.21. The fourth-order valence-electron chi connectivity index (χ4n) is 1.72. The van der Waals surface area contributed by atoms with Crippen LogP contribution in [0.5, 0.6) is 0 Å². The van der Waals surface area contributed by atoms with E-state index in [1.807, 2.05) is 18.5 Å². The van der Waals surface area contributed by atoms with Gasteiger partial charge in [-0.3, -0.25) is 4.98 Å². The second-order valence-electron chi connectivity index (χ2n) is 4.28. The SMILES string of the molecule is C=CCN(CCC)c1cnc(CNCCC)cn1. The lowest BCUT2D eigenvalue weighted by atomic mass is 10.3. The lowest BCUT2D eigenvalue weighted by molar-refractivity contribution is 0.661. The molecule has 0 bridgehead atoms. The molecule has 1 aromatic rings. The third-order valence-corrected chi connectivity index (χ3v) is 2.59. The maximum atomic E-state index is 4.47. The Kier molecular flexibility index (Phi) is 7.03. The van der Waals surface area contributed by atoms with Gasteiger partial charge in [0.15, 0.2) is 0 Å². The Bertz CT molecular complexity index is 334. The minimum Gasteiger partial charge on any atom is -0.352 e. The van der Waals surface area contributed by atoms with Crippen molar-refractivity contribution in [3.05, 3.63) is 30.7 Å². The molecular formula is C14H24N4. The zero-order valence-electron chi connectivity index (χ0n) is 11.5. The summed E-state index contributed by atoms with van der Waals surface area (Å²) in [6.45, 7) is 11.7. The molecule has 18 heavy (non-hydrogen) atoms. The summed E-state index contributed by atoms with van der Waals surface area (Å²) in [7, 11) is 0. The minimum atomic E-state index is 0.788. The Balaban J connectivity index is 2.58. The van der Waals surface area contributed by atoms with Gasteiger partial charge in [-0.1, -0.05) is 19.9 Å². The molecule has 4 nitrogen and oxygen atoms in total. The Morgan fingerprint density at radius 3 is 2.67 bits per heavy atom. The molecule has 0 unspecified atom stereocenters. The highest BCUT2D eigenvalue weighted by Gasteiger charge is 2.05. The highest BCUT2D eigenvalue weighted by molar-refractivity contribution is 5.36. The standard InChI is InChI=1S/C14H24N4/c1-4-7-15-10-13-11-17-14(12-16-13)18(8-5-2)9-6-3/h5,11-12,15H,2,4,6-10H2,1,3H3. The second kappa shape index (κ2) is 8.64. The van der Waals surface area contributed by atoms with Crippen LogP contribution in [-0.2, 0) is 6.54 Å². The molecule has 0 aromatic carbocycles. The van der Waals surface area contributed by atoms with Gasteiger partial charge in [0.1, 0.15) is 5.82 Å². The quantitative estimate of drug-likeness (QED) is 0.538. The van der Waals surface area contributed by atoms with E-state index in [1.165, 1.54) is 0 Å². The van der Waals surface area contributed by atoms with Crippen LogP contribution in [0.4, 0.5) is 5.82 Å². The molecule has 0 saturated heterocycles. The smallest absolute Gasteiger partial charge is 0.147 e. The first kappa shape index (κ1) is 14.6. The van der Waals surface area contributed by atoms with E-state index >= 15 is 0 Å². The molecule has 4 heteroatoms. The summed E-state index contributed by atoms with van der Waals surface area (Å²) in [6.07, 6.45) is 7.82. The van der Waals surface area contributed by atoms with E-state index in [0.29, 0.717) is 0 Å². The fraction of sp³-hybridized carbons (Fsp3) is 0.571. The van der Waals surface area contributed by atoms with Gasteiger partial charge in [-0.05, 0) is 19.4 Å². The van der Waals surface area contributed by atoms with Crippen molar-refractivity contribution < 1.29 is 0 Å². The van der Waals surface area contributed by atoms with Crippen LogP contribution < -0.4 is 10.2 Å². The van der Waals surface area contributed by atoms with Gasteiger partial charge in [-0.15, -0.1) is 6.58 Å². The van der Waals surface area contributed by atoms with Crippen LogP contribution in [0.15, 0.2) is 25.0 Å². The van der Waals surface area contributed by atoms with E-state index in [0.717, 1.165) is 50.5 Å². The Hall–Kier alpha value is -1.42. The van der Waals surface area contributed by atoms with Gasteiger partial charge in [0.25, 0.3) is 0 Å². The van der Waals surface area contributed by atoms with E-state index in [1.54, 1.807) is 0 Å². The molecule has 1 N–H and O–H groups in total. The topological polar surface area (TPSA) is 41.1 Å². The number of rotatable bonds is 9. The molecule has 1 heterocycles. The van der Waals surface area contributed by atoms with E-state index in [2.05, 4.69) is 40.6 Å². The van der Waals surface area contributed by atoms with Crippen molar-refractivity contribution in [2.75, 3.05) is 24.5 Å². The zero-order chi connectivity index (χ0) is 13.2. The van der Waals surface area contributed by atoms with Crippen molar-refractivity contribution in [1.29, 1.82) is 0 Å². The van der Waals surface area contributed by atoms with Gasteiger partial charge in [0.05, 0.1) is 18.1 Å². The maximum absolute atomic E-state index is 4.47. The molecular weight excluding hydrogens is 224 g/mol. The molecule has 1 rings (SSSR count). The monoisotopic (exact) mass is 248 g/mol. The van der Waals surface area contributed by atoms with Gasteiger partial charge in [-0.25, -0.2) is 4.98 Å². The van der Waals surface area contributed by atoms with Crippen molar-refractivity contribution in [3.8, 4) is 0 Å². The molecule has 0 aliphatic heterocycles. The lowest BCUT2D eigenvalue weighted by Crippen LogP contribution is -2.25. The molecule has 0 atom stereocenters. The van der Waals surface area contributed by atoms with Crippen LogP contribution in [-0.4, -0.2) is 29.6 Å². The van der Waals surface area contributed by atoms with Crippen LogP contribution >= 0.6 is 0 Å². The van der Waals surface area contributed by atoms with Crippen LogP contribution in [0.2, 0.25) is 0 Å². The number of anilines is 1. The van der Waals surface area contributed by atoms with E-state index in [9.17, 15) is 0 Å². The van der Waals surface area contributed by atoms with Crippen molar-refractivity contribution in [2.24, 2.45) is 0 Å². The zero-order valence-corrected chi connectivity index (χ0v) is 11.5. The van der Waals surface area contributed by atoms with Gasteiger partial charge >= 0.3 is 0 Å². The summed E-state index contributed by atoms with van der Waals surface area (Å²) in [6, 6.07) is 0. The molecule has 0 aliphatic carbocycles. The average Bonchev–Trinajstić information content (AvgIpc) is 2.40. The van der Waals surface area contributed by atoms with Gasteiger partial charge in [0.2, 0.25) is 0 Å². The summed E-state index contributed by atoms with van der Waals surface area (Å²) in [5.41, 5.74) is 0.988. The molecule has 0 saturated carbocycles. The maximum Gasteiger partial charge on any atom is 0.147 e. The summed E-state index contributed by atoms with van der Waals surface area (Å²) in [4.78, 5) is 11.1. The number of nitrogens with zero attached hydrogens (tertiary/aromatic N) is 3. The largest absolute Gasteiger partial charge is 0.352 e. The van der Waals surface area contributed by atoms with Gasteiger partial charge < -0.3 is 10.2 Å². The summed E-state index contributed by atoms with van der Waals surface area (Å²) in [5, 5.41) is 3.32. The van der Waals surface area contributed by atoms with Gasteiger partial charge in [-0.2, -0.15) is 0 Å². The minimum absolute atomic E-state index is 0.788. The second-order valence-corrected chi connectivity index (χ2v) is 4.28. The van der Waals surface area contributed by atoms with Crippen LogP contribution in [0.3, 0.4) is 0 Å².